The second-order valence-electron chi connectivity index (χ2n) is 5.38. The minimum Gasteiger partial charge on any atom is -0.393 e. The molecule has 3 unspecified atom stereocenters. The molecule has 0 aromatic carbocycles. The summed E-state index contributed by atoms with van der Waals surface area (Å²) in [7, 11) is 0. The standard InChI is InChI=1S/C12H18N2O2S/c1-6-3-8-9(4-6)12(16)14(11(8)15)5-7(2)10(13)17/h6-9H,3-5H2,1-2H3,(H2,13,17). The van der Waals surface area contributed by atoms with Crippen LogP contribution in [0.5, 0.6) is 0 Å². The number of imide groups is 1. The summed E-state index contributed by atoms with van der Waals surface area (Å²) in [4.78, 5) is 26.0. The van der Waals surface area contributed by atoms with Gasteiger partial charge < -0.3 is 5.73 Å². The first-order valence-electron chi connectivity index (χ1n) is 6.06. The van der Waals surface area contributed by atoms with E-state index in [1.807, 2.05) is 6.92 Å². The van der Waals surface area contributed by atoms with Gasteiger partial charge in [0.1, 0.15) is 0 Å². The number of nitrogens with two attached hydrogens (primary N) is 1. The summed E-state index contributed by atoms with van der Waals surface area (Å²) in [6.07, 6.45) is 1.68. The molecule has 4 nitrogen and oxygen atoms in total. The van der Waals surface area contributed by atoms with Gasteiger partial charge in [0.25, 0.3) is 0 Å². The molecule has 0 radical (unpaired) electrons. The molecule has 17 heavy (non-hydrogen) atoms. The Bertz CT molecular complexity index is 359. The van der Waals surface area contributed by atoms with E-state index in [0.29, 0.717) is 17.5 Å². The molecule has 1 saturated heterocycles. The SMILES string of the molecule is CC1CC2C(=O)N(CC(C)C(N)=S)C(=O)C2C1. The number of thiocarbonyl (C=S) groups is 1. The Kier molecular flexibility index (Phi) is 3.21. The first-order chi connectivity index (χ1) is 7.91. The lowest BCUT2D eigenvalue weighted by atomic mass is 10.00. The number of nitrogens with zero attached hydrogens (tertiary/aromatic N) is 1. The van der Waals surface area contributed by atoms with Crippen molar-refractivity contribution >= 4 is 29.0 Å². The third-order valence-electron chi connectivity index (χ3n) is 3.91. The number of carbonyl (C=O) groups excluding carboxylic acids is 2. The molecule has 2 aliphatic rings. The molecule has 1 saturated carbocycles. The van der Waals surface area contributed by atoms with E-state index in [-0.39, 0.29) is 29.6 Å². The molecular formula is C12H18N2O2S. The first-order valence-corrected chi connectivity index (χ1v) is 6.47. The zero-order valence-electron chi connectivity index (χ0n) is 10.2. The molecule has 0 bridgehead atoms. The van der Waals surface area contributed by atoms with Crippen molar-refractivity contribution in [1.29, 1.82) is 0 Å². The topological polar surface area (TPSA) is 63.4 Å². The number of likely N-dealkylation sites (tertiary alicyclic amines) is 1. The van der Waals surface area contributed by atoms with E-state index >= 15 is 0 Å². The van der Waals surface area contributed by atoms with Crippen LogP contribution in [0.1, 0.15) is 26.7 Å². The molecule has 94 valence electrons. The summed E-state index contributed by atoms with van der Waals surface area (Å²) >= 11 is 4.88. The number of fused-ring (bicyclic) bond motifs is 1. The van der Waals surface area contributed by atoms with E-state index in [4.69, 9.17) is 18.0 Å². The quantitative estimate of drug-likeness (QED) is 0.601. The fourth-order valence-corrected chi connectivity index (χ4v) is 2.96. The molecule has 3 atom stereocenters. The van der Waals surface area contributed by atoms with Crippen molar-refractivity contribution in [1.82, 2.24) is 4.90 Å². The number of carbonyl (C=O) groups is 2. The summed E-state index contributed by atoms with van der Waals surface area (Å²) in [5.74, 6) is 0.161. The van der Waals surface area contributed by atoms with Crippen LogP contribution in [0, 0.1) is 23.7 Å². The highest BCUT2D eigenvalue weighted by Crippen LogP contribution is 2.42. The highest BCUT2D eigenvalue weighted by molar-refractivity contribution is 7.80. The smallest absolute Gasteiger partial charge is 0.233 e. The molecule has 1 aliphatic heterocycles. The Morgan fingerprint density at radius 2 is 1.88 bits per heavy atom. The number of hydrogen-bond donors (Lipinski definition) is 1. The van der Waals surface area contributed by atoms with Gasteiger partial charge in [-0.25, -0.2) is 0 Å². The molecule has 5 heteroatoms. The van der Waals surface area contributed by atoms with Gasteiger partial charge in [0.2, 0.25) is 11.8 Å². The number of hydrogen-bond acceptors (Lipinski definition) is 3. The lowest BCUT2D eigenvalue weighted by molar-refractivity contribution is -0.140. The molecule has 1 heterocycles. The summed E-state index contributed by atoms with van der Waals surface area (Å²) in [6.45, 7) is 4.29. The summed E-state index contributed by atoms with van der Waals surface area (Å²) in [5.41, 5.74) is 5.52. The van der Waals surface area contributed by atoms with Gasteiger partial charge in [-0.3, -0.25) is 14.5 Å². The molecule has 2 fully saturated rings. The predicted octanol–water partition coefficient (Wildman–Crippen LogP) is 0.940. The fraction of sp³-hybridized carbons (Fsp3) is 0.750. The maximum Gasteiger partial charge on any atom is 0.233 e. The maximum absolute atomic E-state index is 12.1. The molecule has 0 aromatic heterocycles. The molecule has 2 amide bonds. The molecule has 0 spiro atoms. The van der Waals surface area contributed by atoms with Crippen LogP contribution in [0.15, 0.2) is 0 Å². The van der Waals surface area contributed by atoms with Crippen LogP contribution in [-0.4, -0.2) is 28.2 Å². The monoisotopic (exact) mass is 254 g/mol. The van der Waals surface area contributed by atoms with E-state index in [1.165, 1.54) is 4.90 Å². The van der Waals surface area contributed by atoms with Crippen LogP contribution in [0.25, 0.3) is 0 Å². The molecule has 2 N–H and O–H groups in total. The largest absolute Gasteiger partial charge is 0.393 e. The molecular weight excluding hydrogens is 236 g/mol. The Morgan fingerprint density at radius 3 is 2.29 bits per heavy atom. The van der Waals surface area contributed by atoms with Crippen LogP contribution in [0.3, 0.4) is 0 Å². The van der Waals surface area contributed by atoms with Gasteiger partial charge in [-0.15, -0.1) is 0 Å². The summed E-state index contributed by atoms with van der Waals surface area (Å²) in [5, 5.41) is 0. The Hall–Kier alpha value is -0.970. The van der Waals surface area contributed by atoms with Gasteiger partial charge in [0.15, 0.2) is 0 Å². The fourth-order valence-electron chi connectivity index (χ4n) is 2.89. The Balaban J connectivity index is 2.09. The van der Waals surface area contributed by atoms with E-state index in [2.05, 4.69) is 6.92 Å². The second-order valence-corrected chi connectivity index (χ2v) is 5.85. The number of rotatable bonds is 3. The van der Waals surface area contributed by atoms with Crippen molar-refractivity contribution in [3.63, 3.8) is 0 Å². The van der Waals surface area contributed by atoms with Gasteiger partial charge in [0, 0.05) is 12.5 Å². The van der Waals surface area contributed by atoms with Crippen LogP contribution in [0.4, 0.5) is 0 Å². The number of amides is 2. The van der Waals surface area contributed by atoms with Crippen molar-refractivity contribution in [3.8, 4) is 0 Å². The summed E-state index contributed by atoms with van der Waals surface area (Å²) in [6, 6.07) is 0. The first kappa shape index (κ1) is 12.5. The van der Waals surface area contributed by atoms with Gasteiger partial charge in [0.05, 0.1) is 16.8 Å². The van der Waals surface area contributed by atoms with Crippen LogP contribution in [0.2, 0.25) is 0 Å². The second kappa shape index (κ2) is 4.37. The van der Waals surface area contributed by atoms with Crippen molar-refractivity contribution in [2.24, 2.45) is 29.4 Å². The third kappa shape index (κ3) is 2.08. The van der Waals surface area contributed by atoms with E-state index < -0.39 is 0 Å². The van der Waals surface area contributed by atoms with E-state index in [9.17, 15) is 9.59 Å². The predicted molar refractivity (Wildman–Crippen MR) is 68.0 cm³/mol. The molecule has 1 aliphatic carbocycles. The zero-order chi connectivity index (χ0) is 12.7. The highest BCUT2D eigenvalue weighted by Gasteiger charge is 2.51. The van der Waals surface area contributed by atoms with Crippen molar-refractivity contribution in [3.05, 3.63) is 0 Å². The lowest BCUT2D eigenvalue weighted by Gasteiger charge is -2.20. The van der Waals surface area contributed by atoms with E-state index in [0.717, 1.165) is 12.8 Å². The van der Waals surface area contributed by atoms with Crippen molar-refractivity contribution in [2.75, 3.05) is 6.54 Å². The average molecular weight is 254 g/mol. The molecule has 2 rings (SSSR count). The Labute approximate surface area is 107 Å². The maximum atomic E-state index is 12.1. The van der Waals surface area contributed by atoms with Crippen LogP contribution >= 0.6 is 12.2 Å². The molecule has 0 aromatic rings. The van der Waals surface area contributed by atoms with Crippen molar-refractivity contribution in [2.45, 2.75) is 26.7 Å². The Morgan fingerprint density at radius 1 is 1.41 bits per heavy atom. The van der Waals surface area contributed by atoms with E-state index in [1.54, 1.807) is 0 Å². The zero-order valence-corrected chi connectivity index (χ0v) is 11.0. The minimum atomic E-state index is -0.103. The highest BCUT2D eigenvalue weighted by atomic mass is 32.1. The average Bonchev–Trinajstić information content (AvgIpc) is 2.73. The van der Waals surface area contributed by atoms with Crippen LogP contribution < -0.4 is 5.73 Å². The normalized spacial score (nSPS) is 34.0. The summed E-state index contributed by atoms with van der Waals surface area (Å²) < 4.78 is 0. The van der Waals surface area contributed by atoms with Gasteiger partial charge >= 0.3 is 0 Å². The van der Waals surface area contributed by atoms with Gasteiger partial charge in [-0.1, -0.05) is 26.1 Å². The van der Waals surface area contributed by atoms with Crippen LogP contribution in [-0.2, 0) is 9.59 Å². The third-order valence-corrected chi connectivity index (χ3v) is 4.31. The lowest BCUT2D eigenvalue weighted by Crippen LogP contribution is -2.39. The minimum absolute atomic E-state index is 0.0209. The van der Waals surface area contributed by atoms with Gasteiger partial charge in [-0.05, 0) is 18.8 Å². The van der Waals surface area contributed by atoms with Gasteiger partial charge in [-0.2, -0.15) is 0 Å². The van der Waals surface area contributed by atoms with Crippen molar-refractivity contribution < 1.29 is 9.59 Å².